The predicted molar refractivity (Wildman–Crippen MR) is 75.8 cm³/mol. The van der Waals surface area contributed by atoms with Gasteiger partial charge in [0.15, 0.2) is 0 Å². The summed E-state index contributed by atoms with van der Waals surface area (Å²) in [5.41, 5.74) is 0.451. The molecule has 0 spiro atoms. The van der Waals surface area contributed by atoms with Crippen LogP contribution < -0.4 is 5.32 Å². The van der Waals surface area contributed by atoms with Crippen molar-refractivity contribution < 1.29 is 13.9 Å². The Balaban J connectivity index is 1.59. The van der Waals surface area contributed by atoms with E-state index in [-0.39, 0.29) is 5.97 Å². The molecule has 1 fully saturated rings. The van der Waals surface area contributed by atoms with Crippen LogP contribution in [0.4, 0.5) is 0 Å². The molecule has 0 aliphatic heterocycles. The summed E-state index contributed by atoms with van der Waals surface area (Å²) in [6.45, 7) is 0.604. The van der Waals surface area contributed by atoms with Crippen molar-refractivity contribution in [3.8, 4) is 0 Å². The summed E-state index contributed by atoms with van der Waals surface area (Å²) in [5.74, 6) is 0.369. The molecule has 21 heavy (non-hydrogen) atoms. The Labute approximate surface area is 123 Å². The zero-order chi connectivity index (χ0) is 14.7. The Bertz CT molecular complexity index is 591. The number of methoxy groups -OCH3 is 1. The molecule has 0 amide bonds. The van der Waals surface area contributed by atoms with E-state index < -0.39 is 0 Å². The Morgan fingerprint density at radius 2 is 2.48 bits per heavy atom. The Hall–Kier alpha value is -2.08. The fraction of sp³-hybridized carbons (Fsp3) is 0.467. The first-order valence-electron chi connectivity index (χ1n) is 7.14. The van der Waals surface area contributed by atoms with E-state index in [1.807, 2.05) is 18.7 Å². The second-order valence-electron chi connectivity index (χ2n) is 5.29. The lowest BCUT2D eigenvalue weighted by atomic mass is 10.1. The molecule has 2 atom stereocenters. The Morgan fingerprint density at radius 3 is 3.24 bits per heavy atom. The molecule has 1 saturated carbocycles. The summed E-state index contributed by atoms with van der Waals surface area (Å²) < 4.78 is 12.2. The number of ether oxygens (including phenoxy) is 1. The second-order valence-corrected chi connectivity index (χ2v) is 5.29. The number of aromatic nitrogens is 2. The number of hydrogen-bond donors (Lipinski definition) is 1. The molecular formula is C15H19N3O3. The van der Waals surface area contributed by atoms with Gasteiger partial charge in [0.25, 0.3) is 0 Å². The first kappa shape index (κ1) is 13.9. The maximum atomic E-state index is 11.4. The van der Waals surface area contributed by atoms with Crippen molar-refractivity contribution in [2.75, 3.05) is 7.11 Å². The first-order chi connectivity index (χ1) is 10.3. The number of hydrogen-bond acceptors (Lipinski definition) is 5. The van der Waals surface area contributed by atoms with Crippen molar-refractivity contribution in [3.63, 3.8) is 0 Å². The number of esters is 1. The minimum Gasteiger partial charge on any atom is -0.467 e. The molecule has 2 heterocycles. The monoisotopic (exact) mass is 289 g/mol. The molecular weight excluding hydrogens is 270 g/mol. The highest BCUT2D eigenvalue weighted by Gasteiger charge is 2.28. The van der Waals surface area contributed by atoms with Crippen LogP contribution >= 0.6 is 0 Å². The molecule has 6 nitrogen and oxygen atoms in total. The lowest BCUT2D eigenvalue weighted by Crippen LogP contribution is -2.33. The second kappa shape index (κ2) is 6.13. The van der Waals surface area contributed by atoms with E-state index in [2.05, 4.69) is 19.6 Å². The highest BCUT2D eigenvalue weighted by Crippen LogP contribution is 2.30. The number of nitrogens with one attached hydrogen (secondary N) is 1. The minimum absolute atomic E-state index is 0.373. The van der Waals surface area contributed by atoms with E-state index in [0.29, 0.717) is 24.2 Å². The minimum atomic E-state index is -0.373. The normalized spacial score (nSPS) is 21.6. The van der Waals surface area contributed by atoms with Gasteiger partial charge in [-0.15, -0.1) is 0 Å². The van der Waals surface area contributed by atoms with Crippen molar-refractivity contribution in [2.24, 2.45) is 0 Å². The van der Waals surface area contributed by atoms with E-state index in [4.69, 9.17) is 4.42 Å². The molecule has 3 rings (SSSR count). The molecule has 2 unspecified atom stereocenters. The largest absolute Gasteiger partial charge is 0.467 e. The third kappa shape index (κ3) is 3.00. The van der Waals surface area contributed by atoms with Crippen LogP contribution in [0.15, 0.2) is 35.5 Å². The molecule has 0 radical (unpaired) electrons. The van der Waals surface area contributed by atoms with E-state index in [9.17, 15) is 4.79 Å². The maximum Gasteiger partial charge on any atom is 0.341 e. The van der Waals surface area contributed by atoms with Gasteiger partial charge in [0.2, 0.25) is 0 Å². The summed E-state index contributed by atoms with van der Waals surface area (Å²) in [6, 6.07) is 2.55. The molecule has 0 aromatic carbocycles. The number of rotatable bonds is 5. The van der Waals surface area contributed by atoms with Gasteiger partial charge in [-0.1, -0.05) is 0 Å². The number of furan rings is 1. The fourth-order valence-corrected chi connectivity index (χ4v) is 2.93. The van der Waals surface area contributed by atoms with Crippen molar-refractivity contribution in [2.45, 2.75) is 37.9 Å². The smallest absolute Gasteiger partial charge is 0.341 e. The van der Waals surface area contributed by atoms with Crippen LogP contribution in [0.2, 0.25) is 0 Å². The fourth-order valence-electron chi connectivity index (χ4n) is 2.93. The standard InChI is InChI=1S/C15H19N3O3/c1-20-15(19)11-7-12(21-9-11)8-17-13-3-2-4-14(13)18-6-5-16-10-18/h5-7,9-10,13-14,17H,2-4,8H2,1H3. The van der Waals surface area contributed by atoms with Crippen LogP contribution in [0.5, 0.6) is 0 Å². The van der Waals surface area contributed by atoms with Crippen LogP contribution in [0.25, 0.3) is 0 Å². The Kier molecular flexibility index (Phi) is 4.06. The molecule has 6 heteroatoms. The number of imidazole rings is 1. The van der Waals surface area contributed by atoms with Gasteiger partial charge in [-0.25, -0.2) is 9.78 Å². The molecule has 0 bridgehead atoms. The van der Waals surface area contributed by atoms with Crippen LogP contribution in [0.3, 0.4) is 0 Å². The van der Waals surface area contributed by atoms with E-state index in [0.717, 1.165) is 18.6 Å². The zero-order valence-corrected chi connectivity index (χ0v) is 12.0. The quantitative estimate of drug-likeness (QED) is 0.854. The number of carbonyl (C=O) groups excluding carboxylic acids is 1. The summed E-state index contributed by atoms with van der Waals surface area (Å²) in [4.78, 5) is 15.5. The van der Waals surface area contributed by atoms with Crippen molar-refractivity contribution in [3.05, 3.63) is 42.4 Å². The van der Waals surface area contributed by atoms with Crippen LogP contribution in [0.1, 0.15) is 41.4 Å². The lowest BCUT2D eigenvalue weighted by molar-refractivity contribution is 0.0600. The van der Waals surface area contributed by atoms with E-state index in [1.165, 1.54) is 19.8 Å². The van der Waals surface area contributed by atoms with Crippen LogP contribution in [-0.4, -0.2) is 28.7 Å². The zero-order valence-electron chi connectivity index (χ0n) is 12.0. The molecule has 0 saturated heterocycles. The summed E-state index contributed by atoms with van der Waals surface area (Å²) in [6.07, 6.45) is 10.6. The van der Waals surface area contributed by atoms with Gasteiger partial charge in [-0.05, 0) is 25.3 Å². The topological polar surface area (TPSA) is 69.3 Å². The molecule has 1 aliphatic rings. The summed E-state index contributed by atoms with van der Waals surface area (Å²) in [5, 5.41) is 3.51. The Morgan fingerprint density at radius 1 is 1.57 bits per heavy atom. The highest BCUT2D eigenvalue weighted by molar-refractivity contribution is 5.88. The predicted octanol–water partition coefficient (Wildman–Crippen LogP) is 2.15. The average Bonchev–Trinajstić information content (AvgIpc) is 3.22. The maximum absolute atomic E-state index is 11.4. The van der Waals surface area contributed by atoms with Crippen LogP contribution in [0, 0.1) is 0 Å². The number of nitrogens with zero attached hydrogens (tertiary/aromatic N) is 2. The first-order valence-corrected chi connectivity index (χ1v) is 7.14. The number of carbonyl (C=O) groups is 1. The lowest BCUT2D eigenvalue weighted by Gasteiger charge is -2.21. The van der Waals surface area contributed by atoms with E-state index in [1.54, 1.807) is 6.07 Å². The van der Waals surface area contributed by atoms with Gasteiger partial charge >= 0.3 is 5.97 Å². The van der Waals surface area contributed by atoms with Crippen LogP contribution in [-0.2, 0) is 11.3 Å². The van der Waals surface area contributed by atoms with Gasteiger partial charge in [0.05, 0.1) is 25.5 Å². The van der Waals surface area contributed by atoms with Gasteiger partial charge in [-0.3, -0.25) is 0 Å². The highest BCUT2D eigenvalue weighted by atomic mass is 16.5. The SMILES string of the molecule is COC(=O)c1coc(CNC2CCCC2n2ccnc2)c1. The average molecular weight is 289 g/mol. The molecule has 2 aromatic heterocycles. The molecule has 2 aromatic rings. The molecule has 112 valence electrons. The summed E-state index contributed by atoms with van der Waals surface area (Å²) in [7, 11) is 1.36. The van der Waals surface area contributed by atoms with Gasteiger partial charge < -0.3 is 19.0 Å². The van der Waals surface area contributed by atoms with Crippen molar-refractivity contribution >= 4 is 5.97 Å². The van der Waals surface area contributed by atoms with Gasteiger partial charge in [0.1, 0.15) is 12.0 Å². The summed E-state index contributed by atoms with van der Waals surface area (Å²) >= 11 is 0. The van der Waals surface area contributed by atoms with Crippen molar-refractivity contribution in [1.29, 1.82) is 0 Å². The molecule has 1 aliphatic carbocycles. The van der Waals surface area contributed by atoms with Crippen molar-refractivity contribution in [1.82, 2.24) is 14.9 Å². The third-order valence-corrected chi connectivity index (χ3v) is 4.00. The van der Waals surface area contributed by atoms with Gasteiger partial charge in [-0.2, -0.15) is 0 Å². The van der Waals surface area contributed by atoms with Gasteiger partial charge in [0, 0.05) is 24.5 Å². The third-order valence-electron chi connectivity index (χ3n) is 4.00. The van der Waals surface area contributed by atoms with E-state index >= 15 is 0 Å². The molecule has 1 N–H and O–H groups in total.